The molecule has 0 aliphatic carbocycles. The Labute approximate surface area is 426 Å². The molecule has 4 aromatic carbocycles. The molecule has 4 aliphatic rings. The van der Waals surface area contributed by atoms with Gasteiger partial charge in [-0.1, -0.05) is 90.7 Å². The van der Waals surface area contributed by atoms with Gasteiger partial charge in [0.05, 0.1) is 51.1 Å². The average Bonchev–Trinajstić information content (AvgIpc) is 3.90. The summed E-state index contributed by atoms with van der Waals surface area (Å²) in [5.74, 6) is -0.323. The number of fused-ring (bicyclic) bond motifs is 3. The van der Waals surface area contributed by atoms with E-state index in [4.69, 9.17) is 28.4 Å². The molecule has 1 aromatic heterocycles. The van der Waals surface area contributed by atoms with E-state index >= 15 is 14.4 Å². The van der Waals surface area contributed by atoms with Crippen LogP contribution >= 0.6 is 0 Å². The van der Waals surface area contributed by atoms with Gasteiger partial charge in [0.1, 0.15) is 36.5 Å². The number of aromatic nitrogens is 2. The Morgan fingerprint density at radius 3 is 2.11 bits per heavy atom. The van der Waals surface area contributed by atoms with Gasteiger partial charge in [0.15, 0.2) is 5.92 Å². The Bertz CT molecular complexity index is 2930. The molecule has 5 aromatic rings. The quantitative estimate of drug-likeness (QED) is 0.0538. The highest BCUT2D eigenvalue weighted by molar-refractivity contribution is 6.23. The van der Waals surface area contributed by atoms with Crippen LogP contribution in [0.25, 0.3) is 0 Å². The first-order chi connectivity index (χ1) is 36.1. The highest BCUT2D eigenvalue weighted by Crippen LogP contribution is 2.67. The third-order valence-electron chi connectivity index (χ3n) is 13.9. The summed E-state index contributed by atoms with van der Waals surface area (Å²) in [6.45, 7) is 0.118. The Morgan fingerprint density at radius 2 is 1.45 bits per heavy atom. The molecule has 0 radical (unpaired) electrons. The van der Waals surface area contributed by atoms with Crippen molar-refractivity contribution in [1.82, 2.24) is 19.8 Å². The van der Waals surface area contributed by atoms with Crippen molar-refractivity contribution < 1.29 is 62.3 Å². The largest absolute Gasteiger partial charge is 0.491 e. The van der Waals surface area contributed by atoms with Crippen LogP contribution in [-0.4, -0.2) is 141 Å². The minimum Gasteiger partial charge on any atom is -0.491 e. The van der Waals surface area contributed by atoms with Crippen LogP contribution in [0.2, 0.25) is 0 Å². The maximum Gasteiger partial charge on any atom is 0.421 e. The molecule has 9 rings (SSSR count). The van der Waals surface area contributed by atoms with Gasteiger partial charge in [0.2, 0.25) is 17.8 Å². The molecule has 0 bridgehead atoms. The smallest absolute Gasteiger partial charge is 0.421 e. The molecule has 6 atom stereocenters. The summed E-state index contributed by atoms with van der Waals surface area (Å²) in [6, 6.07) is 28.1. The fourth-order valence-corrected chi connectivity index (χ4v) is 10.8. The van der Waals surface area contributed by atoms with Crippen molar-refractivity contribution in [1.29, 1.82) is 0 Å². The number of para-hydroxylation sites is 1. The number of esters is 3. The fraction of sp³-hybridized carbons (Fsp3) is 0.345. The SMILES string of the molecule is COCCOC(=O)N1C(=O)[C@@]2(c3cc(C#CCC(C(=O)OC)C(=O)OC)ccc31)[C@H](c1ccccc1OCCO)N1[C@H](c3ccccc3)[C@H](c3ccccc3)OC(=O)[C@H]1[C@@H]2C(=O)N1CCN(c2ncccn2)CC1. The van der Waals surface area contributed by atoms with Crippen LogP contribution in [0, 0.1) is 23.7 Å². The normalized spacial score (nSPS) is 22.1. The number of hydrogen-bond acceptors (Lipinski definition) is 17. The lowest BCUT2D eigenvalue weighted by Crippen LogP contribution is -2.59. The molecule has 3 amide bonds. The number of imide groups is 1. The number of aliphatic hydroxyl groups is 1. The van der Waals surface area contributed by atoms with Crippen molar-refractivity contribution in [2.24, 2.45) is 11.8 Å². The second kappa shape index (κ2) is 22.3. The number of hydrogen-bond donors (Lipinski definition) is 1. The van der Waals surface area contributed by atoms with Crippen LogP contribution in [-0.2, 0) is 53.1 Å². The maximum atomic E-state index is 16.7. The fourth-order valence-electron chi connectivity index (χ4n) is 10.8. The van der Waals surface area contributed by atoms with Gasteiger partial charge in [-0.3, -0.25) is 28.9 Å². The van der Waals surface area contributed by atoms with E-state index in [1.54, 1.807) is 59.8 Å². The molecule has 0 saturated carbocycles. The molecule has 19 heteroatoms. The lowest BCUT2D eigenvalue weighted by atomic mass is 9.64. The molecule has 19 nitrogen and oxygen atoms in total. The summed E-state index contributed by atoms with van der Waals surface area (Å²) in [7, 11) is 3.72. The number of methoxy groups -OCH3 is 3. The number of morpholine rings is 1. The highest BCUT2D eigenvalue weighted by Gasteiger charge is 2.76. The summed E-state index contributed by atoms with van der Waals surface area (Å²) < 4.78 is 33.6. The number of rotatable bonds is 14. The molecular weight excluding hydrogens is 953 g/mol. The zero-order chi connectivity index (χ0) is 51.9. The summed E-state index contributed by atoms with van der Waals surface area (Å²) in [6.07, 6.45) is 0.882. The minimum atomic E-state index is -2.20. The lowest BCUT2D eigenvalue weighted by molar-refractivity contribution is -0.179. The van der Waals surface area contributed by atoms with Gasteiger partial charge >= 0.3 is 24.0 Å². The number of nitrogens with zero attached hydrogens (tertiary/aromatic N) is 6. The first-order valence-corrected chi connectivity index (χ1v) is 24.1. The topological polar surface area (TPSA) is 217 Å². The van der Waals surface area contributed by atoms with E-state index in [1.165, 1.54) is 13.2 Å². The minimum absolute atomic E-state index is 0.000924. The standard InChI is InChI=1S/C55H54N6O13/c1-69-32-33-73-54(68)60-41-23-22-35(14-12-20-39(49(64)70-2)50(65)71-3)34-40(41)55(52(60)67)43(48(63)58-26-28-59(29-27-58)53-56-24-13-25-57-53)45-51(66)74-46(37-17-8-5-9-18-37)44(36-15-6-4-7-16-36)61(45)47(55)38-19-10-11-21-42(38)72-31-30-62/h4-11,13,15-19,21-25,34,39,43-47,62H,20,26-33H2,1-3H3/t43-,44-,45-,46+,47+,55-/m1/s1. The van der Waals surface area contributed by atoms with Crippen LogP contribution in [0.5, 0.6) is 5.75 Å². The van der Waals surface area contributed by atoms with Crippen molar-refractivity contribution >= 4 is 47.5 Å². The number of piperazine rings is 1. The summed E-state index contributed by atoms with van der Waals surface area (Å²) in [4.78, 5) is 104. The average molecular weight is 1010 g/mol. The van der Waals surface area contributed by atoms with Gasteiger partial charge in [-0.25, -0.2) is 19.7 Å². The first-order valence-electron chi connectivity index (χ1n) is 24.1. The monoisotopic (exact) mass is 1010 g/mol. The second-order valence-electron chi connectivity index (χ2n) is 17.8. The van der Waals surface area contributed by atoms with Crippen LogP contribution < -0.4 is 14.5 Å². The van der Waals surface area contributed by atoms with E-state index in [-0.39, 0.29) is 68.5 Å². The van der Waals surface area contributed by atoms with Crippen LogP contribution in [0.1, 0.15) is 52.4 Å². The number of amides is 3. The van der Waals surface area contributed by atoms with Gasteiger partial charge in [-0.2, -0.15) is 0 Å². The van der Waals surface area contributed by atoms with E-state index in [2.05, 4.69) is 21.8 Å². The van der Waals surface area contributed by atoms with Gasteiger partial charge in [0.25, 0.3) is 0 Å². The zero-order valence-corrected chi connectivity index (χ0v) is 40.9. The molecule has 3 saturated heterocycles. The predicted molar refractivity (Wildman–Crippen MR) is 264 cm³/mol. The molecule has 4 aliphatic heterocycles. The third kappa shape index (κ3) is 9.27. The number of cyclic esters (lactones) is 1. The Hall–Kier alpha value is -8.18. The number of carbonyl (C=O) groups is 6. The van der Waals surface area contributed by atoms with Gasteiger partial charge < -0.3 is 43.3 Å². The maximum absolute atomic E-state index is 16.7. The van der Waals surface area contributed by atoms with Crippen molar-refractivity contribution in [2.75, 3.05) is 83.7 Å². The summed E-state index contributed by atoms with van der Waals surface area (Å²) in [5, 5.41) is 10.2. The van der Waals surface area contributed by atoms with Gasteiger partial charge in [-0.15, -0.1) is 0 Å². The Morgan fingerprint density at radius 1 is 0.784 bits per heavy atom. The highest BCUT2D eigenvalue weighted by atomic mass is 16.6. The van der Waals surface area contributed by atoms with E-state index in [1.807, 2.05) is 70.5 Å². The molecule has 74 heavy (non-hydrogen) atoms. The molecule has 3 fully saturated rings. The number of anilines is 2. The molecule has 1 spiro atoms. The number of carbonyl (C=O) groups excluding carboxylic acids is 6. The molecule has 5 heterocycles. The van der Waals surface area contributed by atoms with E-state index in [0.29, 0.717) is 35.7 Å². The van der Waals surface area contributed by atoms with E-state index in [0.717, 1.165) is 19.1 Å². The third-order valence-corrected chi connectivity index (χ3v) is 13.9. The van der Waals surface area contributed by atoms with Gasteiger partial charge in [0, 0.05) is 63.2 Å². The second-order valence-corrected chi connectivity index (χ2v) is 17.8. The predicted octanol–water partition coefficient (Wildman–Crippen LogP) is 4.35. The van der Waals surface area contributed by atoms with Crippen molar-refractivity contribution in [3.63, 3.8) is 0 Å². The summed E-state index contributed by atoms with van der Waals surface area (Å²) in [5.41, 5.74) is -0.0566. The van der Waals surface area contributed by atoms with Crippen molar-refractivity contribution in [3.05, 3.63) is 149 Å². The molecular formula is C55H54N6O13. The van der Waals surface area contributed by atoms with E-state index in [9.17, 15) is 19.5 Å². The molecule has 0 unspecified atom stereocenters. The zero-order valence-electron chi connectivity index (χ0n) is 40.9. The lowest BCUT2D eigenvalue weighted by Gasteiger charge is -2.46. The van der Waals surface area contributed by atoms with Crippen molar-refractivity contribution in [3.8, 4) is 17.6 Å². The first kappa shape index (κ1) is 50.7. The number of aliphatic hydroxyl groups excluding tert-OH is 1. The van der Waals surface area contributed by atoms with Crippen LogP contribution in [0.15, 0.2) is 122 Å². The number of benzene rings is 4. The van der Waals surface area contributed by atoms with Crippen molar-refractivity contribution in [2.45, 2.75) is 36.1 Å². The van der Waals surface area contributed by atoms with Crippen LogP contribution in [0.4, 0.5) is 16.4 Å². The molecule has 382 valence electrons. The van der Waals surface area contributed by atoms with E-state index < -0.39 is 77.3 Å². The number of ether oxygens (including phenoxy) is 6. The molecule has 1 N–H and O–H groups in total. The summed E-state index contributed by atoms with van der Waals surface area (Å²) >= 11 is 0. The Balaban J connectivity index is 1.33. The van der Waals surface area contributed by atoms with Gasteiger partial charge in [-0.05, 0) is 47.0 Å². The Kier molecular flexibility index (Phi) is 15.3. The van der Waals surface area contributed by atoms with Crippen LogP contribution in [0.3, 0.4) is 0 Å².